The highest BCUT2D eigenvalue weighted by molar-refractivity contribution is 4.91. The van der Waals surface area contributed by atoms with Crippen LogP contribution < -0.4 is 11.1 Å². The van der Waals surface area contributed by atoms with Gasteiger partial charge in [-0.3, -0.25) is 0 Å². The van der Waals surface area contributed by atoms with Crippen LogP contribution in [-0.4, -0.2) is 30.3 Å². The van der Waals surface area contributed by atoms with E-state index in [-0.39, 0.29) is 12.1 Å². The Morgan fingerprint density at radius 2 is 2.19 bits per heavy atom. The molecule has 0 aromatic rings. The van der Waals surface area contributed by atoms with Gasteiger partial charge in [-0.1, -0.05) is 26.2 Å². The van der Waals surface area contributed by atoms with E-state index in [2.05, 4.69) is 12.2 Å². The Morgan fingerprint density at radius 3 is 2.81 bits per heavy atom. The van der Waals surface area contributed by atoms with Gasteiger partial charge in [0.1, 0.15) is 0 Å². The molecule has 1 fully saturated rings. The summed E-state index contributed by atoms with van der Waals surface area (Å²) in [5.41, 5.74) is 6.10. The average Bonchev–Trinajstić information content (AvgIpc) is 2.52. The fourth-order valence-corrected chi connectivity index (χ4v) is 2.77. The first-order chi connectivity index (χ1) is 7.76. The lowest BCUT2D eigenvalue weighted by Crippen LogP contribution is -2.51. The van der Waals surface area contributed by atoms with Crippen molar-refractivity contribution in [2.45, 2.75) is 57.4 Å². The van der Waals surface area contributed by atoms with E-state index < -0.39 is 0 Å². The highest BCUT2D eigenvalue weighted by Crippen LogP contribution is 2.31. The lowest BCUT2D eigenvalue weighted by Gasteiger charge is -2.33. The van der Waals surface area contributed by atoms with Crippen LogP contribution in [0.25, 0.3) is 0 Å². The van der Waals surface area contributed by atoms with Gasteiger partial charge < -0.3 is 16.2 Å². The average molecular weight is 228 g/mol. The van der Waals surface area contributed by atoms with Crippen LogP contribution in [0.2, 0.25) is 0 Å². The van der Waals surface area contributed by atoms with Crippen LogP contribution >= 0.6 is 0 Å². The van der Waals surface area contributed by atoms with E-state index in [1.165, 1.54) is 38.5 Å². The van der Waals surface area contributed by atoms with Crippen LogP contribution in [-0.2, 0) is 0 Å². The largest absolute Gasteiger partial charge is 0.396 e. The van der Waals surface area contributed by atoms with Gasteiger partial charge >= 0.3 is 0 Å². The summed E-state index contributed by atoms with van der Waals surface area (Å²) in [7, 11) is 0. The zero-order valence-corrected chi connectivity index (χ0v) is 10.7. The van der Waals surface area contributed by atoms with Crippen LogP contribution in [0.5, 0.6) is 0 Å². The second kappa shape index (κ2) is 7.25. The maximum absolute atomic E-state index is 8.82. The van der Waals surface area contributed by atoms with E-state index in [0.29, 0.717) is 0 Å². The lowest BCUT2D eigenvalue weighted by atomic mass is 9.89. The maximum Gasteiger partial charge on any atom is 0.0443 e. The van der Waals surface area contributed by atoms with Gasteiger partial charge in [0.25, 0.3) is 0 Å². The highest BCUT2D eigenvalue weighted by atomic mass is 16.3. The topological polar surface area (TPSA) is 58.3 Å². The summed E-state index contributed by atoms with van der Waals surface area (Å²) >= 11 is 0. The van der Waals surface area contributed by atoms with Crippen molar-refractivity contribution in [3.05, 3.63) is 0 Å². The number of rotatable bonds is 6. The number of nitrogens with one attached hydrogen (secondary N) is 1. The van der Waals surface area contributed by atoms with E-state index in [9.17, 15) is 0 Å². The monoisotopic (exact) mass is 228 g/mol. The minimum atomic E-state index is 0.152. The first-order valence-corrected chi connectivity index (χ1v) is 6.82. The van der Waals surface area contributed by atoms with Crippen LogP contribution in [0.3, 0.4) is 0 Å². The smallest absolute Gasteiger partial charge is 0.0443 e. The van der Waals surface area contributed by atoms with Gasteiger partial charge in [0.05, 0.1) is 0 Å². The van der Waals surface area contributed by atoms with Crippen LogP contribution in [0.1, 0.15) is 51.9 Å². The molecule has 3 nitrogen and oxygen atoms in total. The molecule has 0 aliphatic heterocycles. The molecule has 0 bridgehead atoms. The molecule has 0 heterocycles. The standard InChI is InChI=1S/C13H28N2O/c1-2-12-5-3-7-13(11-14,8-6-12)15-9-4-10-16/h12,15-16H,2-11,14H2,1H3. The van der Waals surface area contributed by atoms with Gasteiger partial charge in [-0.2, -0.15) is 0 Å². The second-order valence-electron chi connectivity index (χ2n) is 5.19. The predicted molar refractivity (Wildman–Crippen MR) is 68.4 cm³/mol. The quantitative estimate of drug-likeness (QED) is 0.478. The van der Waals surface area contributed by atoms with Crippen molar-refractivity contribution < 1.29 is 5.11 Å². The third kappa shape index (κ3) is 4.04. The zero-order valence-electron chi connectivity index (χ0n) is 10.7. The Hall–Kier alpha value is -0.120. The Kier molecular flexibility index (Phi) is 6.32. The predicted octanol–water partition coefficient (Wildman–Crippen LogP) is 1.65. The molecule has 2 unspecified atom stereocenters. The first kappa shape index (κ1) is 13.9. The molecular weight excluding hydrogens is 200 g/mol. The summed E-state index contributed by atoms with van der Waals surface area (Å²) in [6.07, 6.45) is 8.50. The molecule has 0 aromatic carbocycles. The molecule has 3 heteroatoms. The fourth-order valence-electron chi connectivity index (χ4n) is 2.77. The number of aliphatic hydroxyl groups excluding tert-OH is 1. The Morgan fingerprint density at radius 1 is 1.38 bits per heavy atom. The van der Waals surface area contributed by atoms with E-state index in [0.717, 1.165) is 25.4 Å². The van der Waals surface area contributed by atoms with Crippen molar-refractivity contribution in [1.82, 2.24) is 5.32 Å². The van der Waals surface area contributed by atoms with E-state index in [1.54, 1.807) is 0 Å². The van der Waals surface area contributed by atoms with E-state index in [1.807, 2.05) is 0 Å². The molecular formula is C13H28N2O. The molecule has 0 spiro atoms. The second-order valence-corrected chi connectivity index (χ2v) is 5.19. The van der Waals surface area contributed by atoms with E-state index >= 15 is 0 Å². The van der Waals surface area contributed by atoms with Gasteiger partial charge in [0.15, 0.2) is 0 Å². The van der Waals surface area contributed by atoms with Crippen molar-refractivity contribution in [2.75, 3.05) is 19.7 Å². The fraction of sp³-hybridized carbons (Fsp3) is 1.00. The highest BCUT2D eigenvalue weighted by Gasteiger charge is 2.30. The van der Waals surface area contributed by atoms with E-state index in [4.69, 9.17) is 10.8 Å². The molecule has 0 amide bonds. The molecule has 0 aromatic heterocycles. The van der Waals surface area contributed by atoms with Crippen LogP contribution in [0.4, 0.5) is 0 Å². The third-order valence-electron chi connectivity index (χ3n) is 4.10. The van der Waals surface area contributed by atoms with Crippen molar-refractivity contribution >= 4 is 0 Å². The Labute approximate surface area is 99.8 Å². The van der Waals surface area contributed by atoms with Crippen molar-refractivity contribution in [3.63, 3.8) is 0 Å². The Bertz CT molecular complexity index is 187. The SMILES string of the molecule is CCC1CCCC(CN)(NCCCO)CC1. The van der Waals surface area contributed by atoms with Gasteiger partial charge in [0.2, 0.25) is 0 Å². The third-order valence-corrected chi connectivity index (χ3v) is 4.10. The normalized spacial score (nSPS) is 31.3. The minimum absolute atomic E-state index is 0.152. The molecule has 1 saturated carbocycles. The van der Waals surface area contributed by atoms with Crippen molar-refractivity contribution in [3.8, 4) is 0 Å². The van der Waals surface area contributed by atoms with Gasteiger partial charge in [-0.25, -0.2) is 0 Å². The lowest BCUT2D eigenvalue weighted by molar-refractivity contribution is 0.252. The Balaban J connectivity index is 2.44. The van der Waals surface area contributed by atoms with Gasteiger partial charge in [0, 0.05) is 18.7 Å². The summed E-state index contributed by atoms with van der Waals surface area (Å²) in [5.74, 6) is 0.896. The maximum atomic E-state index is 8.82. The molecule has 1 rings (SSSR count). The minimum Gasteiger partial charge on any atom is -0.396 e. The molecule has 0 radical (unpaired) electrons. The molecule has 1 aliphatic rings. The number of hydrogen-bond donors (Lipinski definition) is 3. The molecule has 16 heavy (non-hydrogen) atoms. The molecule has 1 aliphatic carbocycles. The summed E-state index contributed by atoms with van der Waals surface area (Å²) < 4.78 is 0. The van der Waals surface area contributed by atoms with Crippen molar-refractivity contribution in [1.29, 1.82) is 0 Å². The molecule has 96 valence electrons. The van der Waals surface area contributed by atoms with Crippen LogP contribution in [0.15, 0.2) is 0 Å². The number of aliphatic hydroxyl groups is 1. The zero-order chi connectivity index (χ0) is 11.9. The summed E-state index contributed by atoms with van der Waals surface area (Å²) in [5, 5.41) is 12.4. The summed E-state index contributed by atoms with van der Waals surface area (Å²) in [4.78, 5) is 0. The van der Waals surface area contributed by atoms with Crippen LogP contribution in [0, 0.1) is 5.92 Å². The number of nitrogens with two attached hydrogens (primary N) is 1. The van der Waals surface area contributed by atoms with Crippen molar-refractivity contribution in [2.24, 2.45) is 11.7 Å². The van der Waals surface area contributed by atoms with Gasteiger partial charge in [-0.05, 0) is 38.1 Å². The first-order valence-electron chi connectivity index (χ1n) is 6.82. The molecule has 2 atom stereocenters. The summed E-state index contributed by atoms with van der Waals surface area (Å²) in [6.45, 7) is 4.18. The molecule has 0 saturated heterocycles. The molecule has 4 N–H and O–H groups in total. The van der Waals surface area contributed by atoms with Gasteiger partial charge in [-0.15, -0.1) is 0 Å². The number of hydrogen-bond acceptors (Lipinski definition) is 3. The summed E-state index contributed by atoms with van der Waals surface area (Å²) in [6, 6.07) is 0.